The Morgan fingerprint density at radius 3 is 2.70 bits per heavy atom. The summed E-state index contributed by atoms with van der Waals surface area (Å²) in [5.74, 6) is 0.486. The number of hydrogen-bond donors (Lipinski definition) is 1. The van der Waals surface area contributed by atoms with Gasteiger partial charge < -0.3 is 19.3 Å². The second kappa shape index (κ2) is 11.4. The number of aliphatic hydroxyl groups excluding tert-OH is 1. The highest BCUT2D eigenvalue weighted by molar-refractivity contribution is 7.22. The van der Waals surface area contributed by atoms with Gasteiger partial charge in [0.05, 0.1) is 35.5 Å². The number of carbonyl (C=O) groups is 2. The summed E-state index contributed by atoms with van der Waals surface area (Å²) >= 11 is 1.33. The Morgan fingerprint density at radius 1 is 1.12 bits per heavy atom. The van der Waals surface area contributed by atoms with Crippen LogP contribution in [0.1, 0.15) is 55.5 Å². The van der Waals surface area contributed by atoms with Crippen LogP contribution in [0, 0.1) is 12.8 Å². The normalized spacial score (nSPS) is 19.3. The molecule has 2 unspecified atom stereocenters. The van der Waals surface area contributed by atoms with E-state index in [0.29, 0.717) is 46.7 Å². The molecule has 0 saturated carbocycles. The predicted molar refractivity (Wildman–Crippen MR) is 167 cm³/mol. The molecule has 2 aliphatic heterocycles. The lowest BCUT2D eigenvalue weighted by molar-refractivity contribution is -0.132. The van der Waals surface area contributed by atoms with Gasteiger partial charge in [0.1, 0.15) is 17.6 Å². The van der Waals surface area contributed by atoms with Gasteiger partial charge in [0.15, 0.2) is 16.6 Å². The molecule has 222 valence electrons. The van der Waals surface area contributed by atoms with Gasteiger partial charge in [0.25, 0.3) is 5.78 Å². The van der Waals surface area contributed by atoms with Crippen molar-refractivity contribution in [3.8, 4) is 17.2 Å². The van der Waals surface area contributed by atoms with Crippen LogP contribution in [-0.2, 0) is 16.0 Å². The van der Waals surface area contributed by atoms with Gasteiger partial charge in [-0.15, -0.1) is 0 Å². The number of methoxy groups -OCH3 is 1. The molecule has 1 saturated heterocycles. The number of ketones is 1. The van der Waals surface area contributed by atoms with Crippen LogP contribution in [0.15, 0.2) is 60.2 Å². The molecule has 1 N–H and O–H groups in total. The van der Waals surface area contributed by atoms with Crippen LogP contribution in [-0.4, -0.2) is 41.6 Å². The number of hydrogen-bond acceptors (Lipinski definition) is 8. The molecule has 0 bridgehead atoms. The monoisotopic (exact) mass is 598 g/mol. The van der Waals surface area contributed by atoms with E-state index in [2.05, 4.69) is 13.8 Å². The Morgan fingerprint density at radius 2 is 1.93 bits per heavy atom. The van der Waals surface area contributed by atoms with E-state index in [1.165, 1.54) is 16.2 Å². The Kier molecular flexibility index (Phi) is 7.60. The summed E-state index contributed by atoms with van der Waals surface area (Å²) in [6, 6.07) is 15.6. The van der Waals surface area contributed by atoms with E-state index in [4.69, 9.17) is 19.2 Å². The van der Waals surface area contributed by atoms with Crippen LogP contribution < -0.4 is 19.1 Å². The van der Waals surface area contributed by atoms with Gasteiger partial charge in [-0.2, -0.15) is 0 Å². The number of benzene rings is 3. The molecule has 2 atom stereocenters. The van der Waals surface area contributed by atoms with E-state index in [9.17, 15) is 14.7 Å². The van der Waals surface area contributed by atoms with Gasteiger partial charge in [0.2, 0.25) is 0 Å². The Hall–Kier alpha value is -4.37. The first-order valence-corrected chi connectivity index (χ1v) is 15.2. The molecule has 1 amide bonds. The maximum atomic E-state index is 13.8. The predicted octanol–water partition coefficient (Wildman–Crippen LogP) is 6.99. The van der Waals surface area contributed by atoms with Crippen molar-refractivity contribution in [1.82, 2.24) is 4.98 Å². The number of amides is 1. The standard InChI is InChI=1S/C34H34N2O6S/c1-18(2)12-13-41-26-11-7-21(17-27(26)40-5)30-29(31(37)22-8-10-25-23(16-22)15-20(4)42-25)32(38)33(39)36(30)34-35-24-9-6-19(3)14-28(24)43-34/h6-11,14,16-18,20,30,37H,12-13,15H2,1-5H3. The molecule has 0 spiro atoms. The lowest BCUT2D eigenvalue weighted by Gasteiger charge is -2.24. The number of aliphatic hydroxyl groups is 1. The third kappa shape index (κ3) is 5.33. The third-order valence-corrected chi connectivity index (χ3v) is 8.83. The molecule has 1 aromatic heterocycles. The molecule has 3 heterocycles. The quantitative estimate of drug-likeness (QED) is 0.133. The summed E-state index contributed by atoms with van der Waals surface area (Å²) in [7, 11) is 1.55. The van der Waals surface area contributed by atoms with Gasteiger partial charge in [-0.3, -0.25) is 14.5 Å². The molecule has 6 rings (SSSR count). The number of aromatic nitrogens is 1. The van der Waals surface area contributed by atoms with Crippen molar-refractivity contribution in [2.45, 2.75) is 52.7 Å². The Labute approximate surface area is 254 Å². The highest BCUT2D eigenvalue weighted by Gasteiger charge is 2.48. The summed E-state index contributed by atoms with van der Waals surface area (Å²) in [5, 5.41) is 12.1. The summed E-state index contributed by atoms with van der Waals surface area (Å²) in [6.07, 6.45) is 1.59. The number of carbonyl (C=O) groups excluding carboxylic acids is 2. The van der Waals surface area contributed by atoms with Gasteiger partial charge in [-0.25, -0.2) is 4.98 Å². The lowest BCUT2D eigenvalue weighted by Crippen LogP contribution is -2.29. The van der Waals surface area contributed by atoms with E-state index in [-0.39, 0.29) is 17.4 Å². The fraction of sp³-hybridized carbons (Fsp3) is 0.324. The van der Waals surface area contributed by atoms with Gasteiger partial charge >= 0.3 is 5.91 Å². The van der Waals surface area contributed by atoms with Crippen molar-refractivity contribution in [2.75, 3.05) is 18.6 Å². The summed E-state index contributed by atoms with van der Waals surface area (Å²) in [6.45, 7) is 8.76. The fourth-order valence-corrected chi connectivity index (χ4v) is 6.66. The van der Waals surface area contributed by atoms with Gasteiger partial charge in [0, 0.05) is 12.0 Å². The lowest BCUT2D eigenvalue weighted by atomic mass is 9.94. The maximum absolute atomic E-state index is 13.8. The van der Waals surface area contributed by atoms with E-state index in [1.807, 2.05) is 38.1 Å². The van der Waals surface area contributed by atoms with Crippen LogP contribution in [0.5, 0.6) is 17.2 Å². The number of thiazole rings is 1. The largest absolute Gasteiger partial charge is 0.507 e. The molecule has 8 nitrogen and oxygen atoms in total. The number of ether oxygens (including phenoxy) is 3. The molecule has 9 heteroatoms. The van der Waals surface area contributed by atoms with Crippen LogP contribution >= 0.6 is 11.3 Å². The minimum absolute atomic E-state index is 0.0112. The average Bonchev–Trinajstić information content (AvgIpc) is 3.64. The summed E-state index contributed by atoms with van der Waals surface area (Å²) < 4.78 is 18.4. The smallest absolute Gasteiger partial charge is 0.301 e. The van der Waals surface area contributed by atoms with Crippen molar-refractivity contribution in [3.05, 3.63) is 82.4 Å². The first-order chi connectivity index (χ1) is 20.6. The molecule has 0 aliphatic carbocycles. The number of fused-ring (bicyclic) bond motifs is 2. The number of nitrogens with zero attached hydrogens (tertiary/aromatic N) is 2. The number of anilines is 1. The molecule has 4 aromatic rings. The first kappa shape index (κ1) is 28.7. The minimum atomic E-state index is -0.941. The average molecular weight is 599 g/mol. The number of rotatable bonds is 8. The molecule has 0 radical (unpaired) electrons. The number of aryl methyl sites for hydroxylation is 1. The highest BCUT2D eigenvalue weighted by Crippen LogP contribution is 2.46. The summed E-state index contributed by atoms with van der Waals surface area (Å²) in [5.41, 5.74) is 3.75. The highest BCUT2D eigenvalue weighted by atomic mass is 32.1. The van der Waals surface area contributed by atoms with Crippen LogP contribution in [0.3, 0.4) is 0 Å². The molecular formula is C34H34N2O6S. The molecular weight excluding hydrogens is 564 g/mol. The topological polar surface area (TPSA) is 98.2 Å². The summed E-state index contributed by atoms with van der Waals surface area (Å²) in [4.78, 5) is 33.6. The van der Waals surface area contributed by atoms with Crippen LogP contribution in [0.2, 0.25) is 0 Å². The van der Waals surface area contributed by atoms with E-state index in [0.717, 1.165) is 33.5 Å². The van der Waals surface area contributed by atoms with Crippen molar-refractivity contribution in [1.29, 1.82) is 0 Å². The van der Waals surface area contributed by atoms with Crippen LogP contribution in [0.25, 0.3) is 16.0 Å². The second-order valence-electron chi connectivity index (χ2n) is 11.5. The zero-order valence-electron chi connectivity index (χ0n) is 24.8. The maximum Gasteiger partial charge on any atom is 0.301 e. The van der Waals surface area contributed by atoms with E-state index < -0.39 is 17.7 Å². The molecule has 1 fully saturated rings. The zero-order chi connectivity index (χ0) is 30.4. The second-order valence-corrected chi connectivity index (χ2v) is 12.5. The van der Waals surface area contributed by atoms with Gasteiger partial charge in [-0.05, 0) is 85.3 Å². The van der Waals surface area contributed by atoms with Crippen molar-refractivity contribution < 1.29 is 28.9 Å². The first-order valence-electron chi connectivity index (χ1n) is 14.4. The molecule has 3 aromatic carbocycles. The van der Waals surface area contributed by atoms with Gasteiger partial charge in [-0.1, -0.05) is 37.3 Å². The minimum Gasteiger partial charge on any atom is -0.507 e. The SMILES string of the molecule is COc1cc(C2C(=C(O)c3ccc4c(c3)CC(C)O4)C(=O)C(=O)N2c2nc3ccc(C)cc3s2)ccc1OCCC(C)C. The third-order valence-electron chi connectivity index (χ3n) is 7.81. The van der Waals surface area contributed by atoms with Crippen molar-refractivity contribution in [2.24, 2.45) is 5.92 Å². The molecule has 2 aliphatic rings. The molecule has 43 heavy (non-hydrogen) atoms. The Balaban J connectivity index is 1.49. The van der Waals surface area contributed by atoms with E-state index in [1.54, 1.807) is 37.4 Å². The van der Waals surface area contributed by atoms with E-state index >= 15 is 0 Å². The number of Topliss-reactive ketones (excluding diaryl/α,β-unsaturated/α-hetero) is 1. The van der Waals surface area contributed by atoms with Crippen molar-refractivity contribution >= 4 is 44.1 Å². The Bertz CT molecular complexity index is 1770. The van der Waals surface area contributed by atoms with Crippen molar-refractivity contribution in [3.63, 3.8) is 0 Å². The zero-order valence-corrected chi connectivity index (χ0v) is 25.7. The van der Waals surface area contributed by atoms with Crippen LogP contribution in [0.4, 0.5) is 5.13 Å². The fourth-order valence-electron chi connectivity index (χ4n) is 5.57.